The van der Waals surface area contributed by atoms with E-state index >= 15 is 0 Å². The number of hydrogen-bond donors (Lipinski definition) is 1. The van der Waals surface area contributed by atoms with Gasteiger partial charge in [0, 0.05) is 12.1 Å². The minimum absolute atomic E-state index is 0.0136. The molecule has 128 valence electrons. The molecule has 0 bridgehead atoms. The molecule has 1 N–H and O–H groups in total. The van der Waals surface area contributed by atoms with Crippen molar-refractivity contribution >= 4 is 23.2 Å². The van der Waals surface area contributed by atoms with Crippen LogP contribution in [0, 0.1) is 27.8 Å². The number of hydrogen-bond acceptors (Lipinski definition) is 4. The van der Waals surface area contributed by atoms with Crippen LogP contribution >= 0.6 is 11.6 Å². The fourth-order valence-corrected chi connectivity index (χ4v) is 2.01. The Bertz CT molecular complexity index is 861. The minimum Gasteiger partial charge on any atom is -0.478 e. The quantitative estimate of drug-likeness (QED) is 0.503. The second kappa shape index (κ2) is 8.66. The van der Waals surface area contributed by atoms with E-state index in [9.17, 15) is 19.3 Å². The molecule has 1 amide bonds. The van der Waals surface area contributed by atoms with Gasteiger partial charge in [-0.25, -0.2) is 4.39 Å². The average molecular weight is 363 g/mol. The van der Waals surface area contributed by atoms with Gasteiger partial charge in [0.05, 0.1) is 22.1 Å². The fourth-order valence-electron chi connectivity index (χ4n) is 1.81. The Hall–Kier alpha value is -3.11. The van der Waals surface area contributed by atoms with E-state index in [1.165, 1.54) is 24.3 Å². The van der Waals surface area contributed by atoms with Crippen LogP contribution in [0.5, 0.6) is 5.75 Å². The summed E-state index contributed by atoms with van der Waals surface area (Å²) in [5.74, 6) is 4.26. The largest absolute Gasteiger partial charge is 0.478 e. The number of carbonyl (C=O) groups is 1. The second-order valence-corrected chi connectivity index (χ2v) is 5.08. The number of carbonyl (C=O) groups excluding carboxylic acids is 1. The lowest BCUT2D eigenvalue weighted by molar-refractivity contribution is -0.384. The third-order valence-electron chi connectivity index (χ3n) is 3.00. The van der Waals surface area contributed by atoms with Crippen LogP contribution in [0.4, 0.5) is 10.1 Å². The summed E-state index contributed by atoms with van der Waals surface area (Å²) in [6, 6.07) is 9.50. The van der Waals surface area contributed by atoms with Crippen LogP contribution in [0.25, 0.3) is 0 Å². The van der Waals surface area contributed by atoms with E-state index in [0.717, 1.165) is 6.07 Å². The summed E-state index contributed by atoms with van der Waals surface area (Å²) in [6.45, 7) is -0.0626. The molecule has 0 aromatic heterocycles. The number of non-ortho nitro benzene ring substituents is 1. The molecule has 0 heterocycles. The monoisotopic (exact) mass is 362 g/mol. The van der Waals surface area contributed by atoms with Gasteiger partial charge in [0.25, 0.3) is 11.6 Å². The summed E-state index contributed by atoms with van der Waals surface area (Å²) in [4.78, 5) is 22.1. The number of nitrogens with one attached hydrogen (secondary N) is 1. The van der Waals surface area contributed by atoms with Gasteiger partial charge in [0.15, 0.2) is 11.6 Å². The number of ether oxygens (including phenoxy) is 1. The third-order valence-corrected chi connectivity index (χ3v) is 3.33. The lowest BCUT2D eigenvalue weighted by Crippen LogP contribution is -2.24. The summed E-state index contributed by atoms with van der Waals surface area (Å²) < 4.78 is 18.4. The molecule has 0 spiro atoms. The lowest BCUT2D eigenvalue weighted by Gasteiger charge is -2.04. The lowest BCUT2D eigenvalue weighted by atomic mass is 10.2. The van der Waals surface area contributed by atoms with E-state index in [0.29, 0.717) is 0 Å². The molecule has 0 aliphatic rings. The molecule has 2 aromatic carbocycles. The zero-order valence-electron chi connectivity index (χ0n) is 12.8. The summed E-state index contributed by atoms with van der Waals surface area (Å²) in [5.41, 5.74) is -0.251. The average Bonchev–Trinajstić information content (AvgIpc) is 2.59. The van der Waals surface area contributed by atoms with E-state index in [-0.39, 0.29) is 35.2 Å². The zero-order valence-corrected chi connectivity index (χ0v) is 13.5. The maximum atomic E-state index is 13.3. The Kier molecular flexibility index (Phi) is 6.32. The first-order chi connectivity index (χ1) is 12.0. The molecule has 0 radical (unpaired) electrons. The molecule has 0 saturated heterocycles. The van der Waals surface area contributed by atoms with E-state index < -0.39 is 16.6 Å². The summed E-state index contributed by atoms with van der Waals surface area (Å²) in [5, 5.41) is 13.3. The number of nitro groups is 1. The molecule has 0 atom stereocenters. The summed E-state index contributed by atoms with van der Waals surface area (Å²) in [7, 11) is 0. The molecule has 0 unspecified atom stereocenters. The molecule has 8 heteroatoms. The topological polar surface area (TPSA) is 81.5 Å². The molecular formula is C17H12ClFN2O4. The van der Waals surface area contributed by atoms with Crippen LogP contribution in [-0.4, -0.2) is 24.0 Å². The highest BCUT2D eigenvalue weighted by atomic mass is 35.5. The van der Waals surface area contributed by atoms with Crippen LogP contribution in [0.2, 0.25) is 5.02 Å². The van der Waals surface area contributed by atoms with Gasteiger partial charge in [-0.1, -0.05) is 35.6 Å². The number of nitrogens with zero attached hydrogens (tertiary/aromatic N) is 1. The summed E-state index contributed by atoms with van der Waals surface area (Å²) in [6.07, 6.45) is 0. The van der Waals surface area contributed by atoms with E-state index in [4.69, 9.17) is 16.3 Å². The molecule has 0 aliphatic heterocycles. The predicted molar refractivity (Wildman–Crippen MR) is 90.1 cm³/mol. The highest BCUT2D eigenvalue weighted by molar-refractivity contribution is 6.33. The molecule has 25 heavy (non-hydrogen) atoms. The van der Waals surface area contributed by atoms with Gasteiger partial charge in [-0.3, -0.25) is 14.9 Å². The van der Waals surface area contributed by atoms with E-state index in [2.05, 4.69) is 17.2 Å². The molecule has 2 aromatic rings. The minimum atomic E-state index is -0.618. The van der Waals surface area contributed by atoms with Crippen molar-refractivity contribution in [2.75, 3.05) is 13.2 Å². The van der Waals surface area contributed by atoms with Crippen LogP contribution in [0.1, 0.15) is 10.4 Å². The van der Waals surface area contributed by atoms with E-state index in [1.54, 1.807) is 12.1 Å². The smallest absolute Gasteiger partial charge is 0.270 e. The van der Waals surface area contributed by atoms with Crippen molar-refractivity contribution < 1.29 is 18.8 Å². The highest BCUT2D eigenvalue weighted by Crippen LogP contribution is 2.21. The van der Waals surface area contributed by atoms with Crippen LogP contribution < -0.4 is 10.1 Å². The molecular weight excluding hydrogens is 351 g/mol. The molecule has 2 rings (SSSR count). The Morgan fingerprint density at radius 1 is 1.28 bits per heavy atom. The first-order valence-corrected chi connectivity index (χ1v) is 7.42. The van der Waals surface area contributed by atoms with Crippen molar-refractivity contribution in [1.29, 1.82) is 0 Å². The summed E-state index contributed by atoms with van der Waals surface area (Å²) >= 11 is 5.87. The van der Waals surface area contributed by atoms with Gasteiger partial charge in [-0.05, 0) is 18.2 Å². The van der Waals surface area contributed by atoms with Crippen LogP contribution in [0.3, 0.4) is 0 Å². The Labute approximate surface area is 147 Å². The number of nitro benzene ring substituents is 1. The SMILES string of the molecule is O=C(NCC#CCOc1ccccc1F)c1cc([N+](=O)[O-])ccc1Cl. The van der Waals surface area contributed by atoms with Crippen LogP contribution in [0.15, 0.2) is 42.5 Å². The van der Waals surface area contributed by atoms with Crippen molar-refractivity contribution in [2.45, 2.75) is 0 Å². The van der Waals surface area contributed by atoms with Gasteiger partial charge >= 0.3 is 0 Å². The highest BCUT2D eigenvalue weighted by Gasteiger charge is 2.15. The standard InChI is InChI=1S/C17H12ClFN2O4/c18-14-8-7-12(21(23)24)11-13(14)17(22)20-9-3-4-10-25-16-6-2-1-5-15(16)19/h1-2,5-8,11H,9-10H2,(H,20,22). The molecule has 0 fully saturated rings. The first kappa shape index (κ1) is 18.2. The van der Waals surface area contributed by atoms with Crippen molar-refractivity contribution in [1.82, 2.24) is 5.32 Å². The number of para-hydroxylation sites is 1. The Morgan fingerprint density at radius 3 is 2.76 bits per heavy atom. The zero-order chi connectivity index (χ0) is 18.2. The van der Waals surface area contributed by atoms with Crippen molar-refractivity contribution in [3.05, 3.63) is 69.0 Å². The van der Waals surface area contributed by atoms with Crippen LogP contribution in [-0.2, 0) is 0 Å². The number of amides is 1. The number of rotatable bonds is 5. The molecule has 6 nitrogen and oxygen atoms in total. The maximum Gasteiger partial charge on any atom is 0.270 e. The molecule has 0 saturated carbocycles. The normalized spacial score (nSPS) is 9.68. The van der Waals surface area contributed by atoms with Crippen molar-refractivity contribution in [3.63, 3.8) is 0 Å². The first-order valence-electron chi connectivity index (χ1n) is 7.04. The van der Waals surface area contributed by atoms with Crippen molar-refractivity contribution in [2.24, 2.45) is 0 Å². The van der Waals surface area contributed by atoms with Gasteiger partial charge in [-0.2, -0.15) is 0 Å². The van der Waals surface area contributed by atoms with Gasteiger partial charge in [0.1, 0.15) is 6.61 Å². The predicted octanol–water partition coefficient (Wildman–Crippen LogP) is 3.20. The second-order valence-electron chi connectivity index (χ2n) is 4.68. The molecule has 0 aliphatic carbocycles. The third kappa shape index (κ3) is 5.19. The number of halogens is 2. The Morgan fingerprint density at radius 2 is 2.04 bits per heavy atom. The number of benzene rings is 2. The van der Waals surface area contributed by atoms with Gasteiger partial charge in [-0.15, -0.1) is 0 Å². The van der Waals surface area contributed by atoms with Crippen molar-refractivity contribution in [3.8, 4) is 17.6 Å². The maximum absolute atomic E-state index is 13.3. The van der Waals surface area contributed by atoms with Gasteiger partial charge < -0.3 is 10.1 Å². The van der Waals surface area contributed by atoms with E-state index in [1.807, 2.05) is 0 Å². The fraction of sp³-hybridized carbons (Fsp3) is 0.118. The van der Waals surface area contributed by atoms with Gasteiger partial charge in [0.2, 0.25) is 0 Å². The Balaban J connectivity index is 1.86.